The van der Waals surface area contributed by atoms with Gasteiger partial charge in [-0.1, -0.05) is 13.0 Å². The van der Waals surface area contributed by atoms with E-state index in [2.05, 4.69) is 48.4 Å². The van der Waals surface area contributed by atoms with E-state index in [-0.39, 0.29) is 0 Å². The minimum atomic E-state index is 0.598. The fraction of sp³-hybridized carbons (Fsp3) is 0.120. The van der Waals surface area contributed by atoms with E-state index in [0.717, 1.165) is 57.7 Å². The summed E-state index contributed by atoms with van der Waals surface area (Å²) in [6.07, 6.45) is 7.22. The molecule has 0 amide bonds. The zero-order valence-electron chi connectivity index (χ0n) is 18.4. The van der Waals surface area contributed by atoms with Crippen LogP contribution in [0.2, 0.25) is 0 Å². The summed E-state index contributed by atoms with van der Waals surface area (Å²) in [5.41, 5.74) is 8.24. The van der Waals surface area contributed by atoms with Gasteiger partial charge in [-0.25, -0.2) is 15.0 Å². The van der Waals surface area contributed by atoms with Gasteiger partial charge in [-0.3, -0.25) is 15.1 Å². The van der Waals surface area contributed by atoms with E-state index in [9.17, 15) is 0 Å². The molecule has 6 rings (SSSR count). The van der Waals surface area contributed by atoms with Gasteiger partial charge in [0.2, 0.25) is 0 Å². The summed E-state index contributed by atoms with van der Waals surface area (Å²) in [5, 5.41) is 10.9. The topological polar surface area (TPSA) is 121 Å². The van der Waals surface area contributed by atoms with Crippen molar-refractivity contribution >= 4 is 22.2 Å². The Balaban J connectivity index is 1.44. The molecule has 0 unspecified atom stereocenters. The van der Waals surface area contributed by atoms with Gasteiger partial charge in [0.15, 0.2) is 17.2 Å². The molecule has 0 aromatic carbocycles. The molecule has 0 aliphatic carbocycles. The van der Waals surface area contributed by atoms with Crippen molar-refractivity contribution in [2.75, 3.05) is 6.54 Å². The van der Waals surface area contributed by atoms with Crippen LogP contribution in [0.25, 0.3) is 56.2 Å². The molecule has 0 bridgehead atoms. The number of nitrogens with one attached hydrogen (secondary N) is 3. The van der Waals surface area contributed by atoms with Crippen LogP contribution in [0.15, 0.2) is 67.3 Å². The van der Waals surface area contributed by atoms with Gasteiger partial charge in [0.1, 0.15) is 11.0 Å². The maximum absolute atomic E-state index is 4.91. The maximum Gasteiger partial charge on any atom is 0.162 e. The van der Waals surface area contributed by atoms with Gasteiger partial charge < -0.3 is 10.3 Å². The number of nitrogens with zero attached hydrogens (tertiary/aromatic N) is 6. The van der Waals surface area contributed by atoms with Crippen molar-refractivity contribution in [1.29, 1.82) is 0 Å². The van der Waals surface area contributed by atoms with Crippen molar-refractivity contribution in [3.63, 3.8) is 0 Å². The molecule has 34 heavy (non-hydrogen) atoms. The third-order valence-electron chi connectivity index (χ3n) is 5.63. The summed E-state index contributed by atoms with van der Waals surface area (Å²) in [5.74, 6) is 0.598. The number of pyridine rings is 4. The van der Waals surface area contributed by atoms with Crippen LogP contribution < -0.4 is 5.32 Å². The van der Waals surface area contributed by atoms with Gasteiger partial charge in [0, 0.05) is 42.5 Å². The molecule has 6 heterocycles. The first-order valence-corrected chi connectivity index (χ1v) is 11.1. The lowest BCUT2D eigenvalue weighted by molar-refractivity contribution is 0.724. The first kappa shape index (κ1) is 20.1. The Kier molecular flexibility index (Phi) is 5.00. The lowest BCUT2D eigenvalue weighted by Crippen LogP contribution is -2.11. The third-order valence-corrected chi connectivity index (χ3v) is 5.63. The van der Waals surface area contributed by atoms with Crippen molar-refractivity contribution < 1.29 is 0 Å². The van der Waals surface area contributed by atoms with E-state index in [1.165, 1.54) is 0 Å². The molecule has 6 aromatic heterocycles. The molecule has 9 nitrogen and oxygen atoms in total. The molecule has 0 saturated heterocycles. The van der Waals surface area contributed by atoms with Gasteiger partial charge >= 0.3 is 0 Å². The van der Waals surface area contributed by atoms with Crippen molar-refractivity contribution in [3.8, 4) is 34.0 Å². The molecule has 0 aliphatic heterocycles. The van der Waals surface area contributed by atoms with Crippen LogP contribution in [0, 0.1) is 0 Å². The second-order valence-electron chi connectivity index (χ2n) is 7.88. The molecule has 0 atom stereocenters. The summed E-state index contributed by atoms with van der Waals surface area (Å²) in [4.78, 5) is 26.4. The molecular weight excluding hydrogens is 426 g/mol. The van der Waals surface area contributed by atoms with E-state index in [1.807, 2.05) is 48.8 Å². The normalized spacial score (nSPS) is 11.4. The quantitative estimate of drug-likeness (QED) is 0.351. The average Bonchev–Trinajstić information content (AvgIpc) is 3.51. The zero-order chi connectivity index (χ0) is 22.9. The Morgan fingerprint density at radius 3 is 2.76 bits per heavy atom. The predicted molar refractivity (Wildman–Crippen MR) is 131 cm³/mol. The fourth-order valence-electron chi connectivity index (χ4n) is 3.97. The Hall–Kier alpha value is -4.50. The second-order valence-corrected chi connectivity index (χ2v) is 7.88. The summed E-state index contributed by atoms with van der Waals surface area (Å²) in [7, 11) is 0. The van der Waals surface area contributed by atoms with E-state index in [0.29, 0.717) is 17.2 Å². The minimum absolute atomic E-state index is 0.598. The van der Waals surface area contributed by atoms with Gasteiger partial charge in [0.25, 0.3) is 0 Å². The number of H-pyrrole nitrogens is 2. The van der Waals surface area contributed by atoms with Crippen LogP contribution in [0.1, 0.15) is 12.5 Å². The molecule has 0 saturated carbocycles. The Morgan fingerprint density at radius 2 is 1.88 bits per heavy atom. The average molecular weight is 448 g/mol. The highest BCUT2D eigenvalue weighted by Crippen LogP contribution is 2.30. The number of hydrogen-bond donors (Lipinski definition) is 3. The molecule has 166 valence electrons. The van der Waals surface area contributed by atoms with E-state index >= 15 is 0 Å². The predicted octanol–water partition coefficient (Wildman–Crippen LogP) is 4.13. The Bertz CT molecular complexity index is 1600. The summed E-state index contributed by atoms with van der Waals surface area (Å²) >= 11 is 0. The lowest BCUT2D eigenvalue weighted by Gasteiger charge is -2.05. The largest absolute Gasteiger partial charge is 0.321 e. The van der Waals surface area contributed by atoms with Crippen LogP contribution in [0.4, 0.5) is 0 Å². The number of fused-ring (bicyclic) bond motifs is 2. The molecule has 0 fully saturated rings. The molecule has 0 radical (unpaired) electrons. The second kappa shape index (κ2) is 8.45. The van der Waals surface area contributed by atoms with Crippen molar-refractivity contribution in [2.45, 2.75) is 13.5 Å². The molecule has 9 heteroatoms. The molecular formula is C25H21N9. The highest BCUT2D eigenvalue weighted by Gasteiger charge is 2.17. The van der Waals surface area contributed by atoms with Crippen molar-refractivity contribution in [3.05, 3.63) is 72.8 Å². The first-order valence-electron chi connectivity index (χ1n) is 11.1. The highest BCUT2D eigenvalue weighted by molar-refractivity contribution is 5.94. The number of rotatable bonds is 6. The standard InChI is InChI=1S/C25H21N9/c1-2-26-12-15-11-16(14-27-13-15)18-6-7-20-22(30-18)23(34-33-20)25-31-21-17(8-10-29-24(21)32-25)19-5-3-4-9-28-19/h3-11,13-14,26H,2,12H2,1H3,(H,33,34)(H,29,31,32). The lowest BCUT2D eigenvalue weighted by atomic mass is 10.1. The van der Waals surface area contributed by atoms with Crippen molar-refractivity contribution in [1.82, 2.24) is 45.4 Å². The molecule has 0 aliphatic rings. The van der Waals surface area contributed by atoms with E-state index in [4.69, 9.17) is 9.97 Å². The number of aromatic nitrogens is 8. The van der Waals surface area contributed by atoms with Gasteiger partial charge in [-0.15, -0.1) is 0 Å². The summed E-state index contributed by atoms with van der Waals surface area (Å²) < 4.78 is 0. The van der Waals surface area contributed by atoms with Crippen LogP contribution in [-0.4, -0.2) is 46.6 Å². The highest BCUT2D eigenvalue weighted by atomic mass is 15.2. The smallest absolute Gasteiger partial charge is 0.162 e. The maximum atomic E-state index is 4.91. The summed E-state index contributed by atoms with van der Waals surface area (Å²) in [6.45, 7) is 3.75. The Labute approximate surface area is 194 Å². The van der Waals surface area contributed by atoms with Crippen LogP contribution in [0.5, 0.6) is 0 Å². The molecule has 0 spiro atoms. The number of aromatic amines is 2. The van der Waals surface area contributed by atoms with E-state index < -0.39 is 0 Å². The zero-order valence-corrected chi connectivity index (χ0v) is 18.4. The SMILES string of the molecule is CCNCc1cncc(-c2ccc3[nH]nc(-c4nc5c(-c6ccccn6)ccnc5[nH]4)c3n2)c1. The number of imidazole rings is 1. The van der Waals surface area contributed by atoms with Crippen LogP contribution in [0.3, 0.4) is 0 Å². The fourth-order valence-corrected chi connectivity index (χ4v) is 3.97. The molecule has 3 N–H and O–H groups in total. The minimum Gasteiger partial charge on any atom is -0.321 e. The van der Waals surface area contributed by atoms with Gasteiger partial charge in [-0.2, -0.15) is 5.10 Å². The number of hydrogen-bond acceptors (Lipinski definition) is 7. The van der Waals surface area contributed by atoms with Crippen LogP contribution >= 0.6 is 0 Å². The first-order chi connectivity index (χ1) is 16.8. The van der Waals surface area contributed by atoms with Gasteiger partial charge in [-0.05, 0) is 48.5 Å². The van der Waals surface area contributed by atoms with Crippen molar-refractivity contribution in [2.24, 2.45) is 0 Å². The Morgan fingerprint density at radius 1 is 0.912 bits per heavy atom. The third kappa shape index (κ3) is 3.57. The molecule has 6 aromatic rings. The van der Waals surface area contributed by atoms with E-state index in [1.54, 1.807) is 12.4 Å². The monoisotopic (exact) mass is 447 g/mol. The van der Waals surface area contributed by atoms with Crippen LogP contribution in [-0.2, 0) is 6.54 Å². The van der Waals surface area contributed by atoms with Gasteiger partial charge in [0.05, 0.1) is 16.9 Å². The summed E-state index contributed by atoms with van der Waals surface area (Å²) in [6, 6.07) is 13.8.